The van der Waals surface area contributed by atoms with Gasteiger partial charge in [-0.2, -0.15) is 0 Å². The lowest BCUT2D eigenvalue weighted by atomic mass is 10.1. The Morgan fingerprint density at radius 2 is 2.06 bits per heavy atom. The third-order valence-corrected chi connectivity index (χ3v) is 3.13. The molecule has 0 saturated heterocycles. The van der Waals surface area contributed by atoms with E-state index in [1.807, 2.05) is 24.3 Å². The second-order valence-electron chi connectivity index (χ2n) is 3.52. The molecular weight excluding hydrogens is 236 g/mol. The molecule has 88 valence electrons. The molecule has 0 aliphatic carbocycles. The van der Waals surface area contributed by atoms with Crippen LogP contribution in [0.15, 0.2) is 35.6 Å². The van der Waals surface area contributed by atoms with Crippen molar-refractivity contribution in [1.29, 1.82) is 0 Å². The monoisotopic (exact) mass is 248 g/mol. The fraction of sp³-hybridized carbons (Fsp3) is 0.0909. The minimum Gasteiger partial charge on any atom is -0.409 e. The fourth-order valence-electron chi connectivity index (χ4n) is 1.46. The first-order valence-corrected chi connectivity index (χ1v) is 5.77. The number of hydrogen-bond acceptors (Lipinski definition) is 5. The molecular formula is C11H12N4OS. The predicted octanol–water partition coefficient (Wildman–Crippen LogP) is 1.41. The molecule has 17 heavy (non-hydrogen) atoms. The average molecular weight is 248 g/mol. The number of nitrogens with zero attached hydrogens (tertiary/aromatic N) is 2. The van der Waals surface area contributed by atoms with E-state index in [4.69, 9.17) is 16.7 Å². The number of benzene rings is 1. The summed E-state index contributed by atoms with van der Waals surface area (Å²) < 4.78 is 0. The normalized spacial score (nSPS) is 11.6. The van der Waals surface area contributed by atoms with Crippen LogP contribution in [-0.4, -0.2) is 16.0 Å². The summed E-state index contributed by atoms with van der Waals surface area (Å²) in [6, 6.07) is 7.50. The Hall–Kier alpha value is -2.08. The molecule has 0 aliphatic rings. The van der Waals surface area contributed by atoms with Crippen molar-refractivity contribution in [2.75, 3.05) is 5.73 Å². The Kier molecular flexibility index (Phi) is 3.24. The minimum atomic E-state index is 0.110. The number of oxime groups is 1. The van der Waals surface area contributed by atoms with Crippen LogP contribution < -0.4 is 11.5 Å². The first-order chi connectivity index (χ1) is 8.19. The predicted molar refractivity (Wildman–Crippen MR) is 68.3 cm³/mol. The van der Waals surface area contributed by atoms with E-state index in [1.165, 1.54) is 11.3 Å². The summed E-state index contributed by atoms with van der Waals surface area (Å²) in [5.74, 6) is 0.110. The molecule has 0 radical (unpaired) electrons. The van der Waals surface area contributed by atoms with Crippen LogP contribution in [0.5, 0.6) is 0 Å². The number of amidine groups is 1. The van der Waals surface area contributed by atoms with Crippen LogP contribution >= 0.6 is 11.3 Å². The van der Waals surface area contributed by atoms with Gasteiger partial charge in [0.15, 0.2) is 11.0 Å². The average Bonchev–Trinajstić information content (AvgIpc) is 2.75. The first-order valence-electron chi connectivity index (χ1n) is 4.96. The van der Waals surface area contributed by atoms with Gasteiger partial charge in [-0.05, 0) is 5.56 Å². The minimum absolute atomic E-state index is 0.110. The molecule has 6 heteroatoms. The first kappa shape index (κ1) is 11.4. The van der Waals surface area contributed by atoms with Gasteiger partial charge in [-0.1, -0.05) is 29.4 Å². The lowest BCUT2D eigenvalue weighted by molar-refractivity contribution is 0.318. The zero-order chi connectivity index (χ0) is 12.3. The summed E-state index contributed by atoms with van der Waals surface area (Å²) in [7, 11) is 0. The van der Waals surface area contributed by atoms with Crippen molar-refractivity contribution in [1.82, 2.24) is 4.98 Å². The molecule has 1 heterocycles. The second kappa shape index (κ2) is 4.84. The lowest BCUT2D eigenvalue weighted by Gasteiger charge is -2.01. The maximum atomic E-state index is 8.54. The summed E-state index contributed by atoms with van der Waals surface area (Å²) in [4.78, 5) is 5.11. The van der Waals surface area contributed by atoms with Crippen LogP contribution in [0.1, 0.15) is 16.0 Å². The van der Waals surface area contributed by atoms with Crippen molar-refractivity contribution in [3.8, 4) is 0 Å². The zero-order valence-electron chi connectivity index (χ0n) is 9.00. The van der Waals surface area contributed by atoms with E-state index < -0.39 is 0 Å². The third kappa shape index (κ3) is 2.73. The molecule has 2 rings (SSSR count). The van der Waals surface area contributed by atoms with Gasteiger partial charge in [0.1, 0.15) is 0 Å². The van der Waals surface area contributed by atoms with E-state index >= 15 is 0 Å². The quantitative estimate of drug-likeness (QED) is 0.331. The Morgan fingerprint density at radius 1 is 1.35 bits per heavy atom. The van der Waals surface area contributed by atoms with Crippen LogP contribution in [0, 0.1) is 0 Å². The largest absolute Gasteiger partial charge is 0.409 e. The summed E-state index contributed by atoms with van der Waals surface area (Å²) >= 11 is 1.48. The fourth-order valence-corrected chi connectivity index (χ4v) is 2.17. The summed E-state index contributed by atoms with van der Waals surface area (Å²) in [6.45, 7) is 0. The van der Waals surface area contributed by atoms with Crippen LogP contribution in [0.3, 0.4) is 0 Å². The highest BCUT2D eigenvalue weighted by molar-refractivity contribution is 7.15. The van der Waals surface area contributed by atoms with Crippen molar-refractivity contribution < 1.29 is 5.21 Å². The molecule has 1 aromatic carbocycles. The van der Waals surface area contributed by atoms with Crippen molar-refractivity contribution >= 4 is 22.3 Å². The highest BCUT2D eigenvalue weighted by Gasteiger charge is 2.02. The Morgan fingerprint density at radius 3 is 2.59 bits per heavy atom. The van der Waals surface area contributed by atoms with Gasteiger partial charge in [0.05, 0.1) is 0 Å². The van der Waals surface area contributed by atoms with Gasteiger partial charge >= 0.3 is 0 Å². The van der Waals surface area contributed by atoms with Gasteiger partial charge < -0.3 is 16.7 Å². The van der Waals surface area contributed by atoms with E-state index in [1.54, 1.807) is 6.20 Å². The summed E-state index contributed by atoms with van der Waals surface area (Å²) in [6.07, 6.45) is 2.56. The molecule has 2 aromatic rings. The number of nitrogen functional groups attached to an aromatic ring is 1. The number of nitrogens with two attached hydrogens (primary N) is 2. The molecule has 0 saturated carbocycles. The van der Waals surface area contributed by atoms with E-state index in [2.05, 4.69) is 10.1 Å². The number of aromatic nitrogens is 1. The van der Waals surface area contributed by atoms with Gasteiger partial charge in [0.25, 0.3) is 0 Å². The molecule has 5 nitrogen and oxygen atoms in total. The molecule has 5 N–H and O–H groups in total. The SMILES string of the molecule is NC(=NO)c1ccc(Cc2cnc(N)s2)cc1. The Balaban J connectivity index is 2.13. The third-order valence-electron chi connectivity index (χ3n) is 2.31. The van der Waals surface area contributed by atoms with Crippen molar-refractivity contribution in [3.63, 3.8) is 0 Å². The van der Waals surface area contributed by atoms with Crippen molar-refractivity contribution in [3.05, 3.63) is 46.5 Å². The molecule has 0 fully saturated rings. The zero-order valence-corrected chi connectivity index (χ0v) is 9.81. The molecule has 0 spiro atoms. The molecule has 0 aliphatic heterocycles. The standard InChI is InChI=1S/C11H12N4OS/c12-10(15-16)8-3-1-7(2-4-8)5-9-6-14-11(13)17-9/h1-4,6,16H,5H2,(H2,12,15)(H2,13,14). The van der Waals surface area contributed by atoms with Gasteiger partial charge in [0, 0.05) is 23.1 Å². The maximum absolute atomic E-state index is 8.54. The van der Waals surface area contributed by atoms with E-state index in [0.29, 0.717) is 10.7 Å². The Bertz CT molecular complexity index is 533. The van der Waals surface area contributed by atoms with Gasteiger partial charge in [-0.3, -0.25) is 0 Å². The van der Waals surface area contributed by atoms with Crippen LogP contribution in [0.25, 0.3) is 0 Å². The second-order valence-corrected chi connectivity index (χ2v) is 4.67. The van der Waals surface area contributed by atoms with Crippen molar-refractivity contribution in [2.45, 2.75) is 6.42 Å². The van der Waals surface area contributed by atoms with Gasteiger partial charge in [0.2, 0.25) is 0 Å². The number of thiazole rings is 1. The number of hydrogen-bond donors (Lipinski definition) is 3. The van der Waals surface area contributed by atoms with Crippen LogP contribution in [0.4, 0.5) is 5.13 Å². The molecule has 0 bridgehead atoms. The molecule has 0 atom stereocenters. The van der Waals surface area contributed by atoms with E-state index in [9.17, 15) is 0 Å². The van der Waals surface area contributed by atoms with Gasteiger partial charge in [-0.15, -0.1) is 11.3 Å². The van der Waals surface area contributed by atoms with E-state index in [-0.39, 0.29) is 5.84 Å². The smallest absolute Gasteiger partial charge is 0.180 e. The highest BCUT2D eigenvalue weighted by atomic mass is 32.1. The number of rotatable bonds is 3. The number of anilines is 1. The topological polar surface area (TPSA) is 97.5 Å². The van der Waals surface area contributed by atoms with Crippen molar-refractivity contribution in [2.24, 2.45) is 10.9 Å². The van der Waals surface area contributed by atoms with Crippen LogP contribution in [-0.2, 0) is 6.42 Å². The van der Waals surface area contributed by atoms with Gasteiger partial charge in [-0.25, -0.2) is 4.98 Å². The van der Waals surface area contributed by atoms with Crippen LogP contribution in [0.2, 0.25) is 0 Å². The Labute approximate surface area is 102 Å². The molecule has 0 amide bonds. The van der Waals surface area contributed by atoms with E-state index in [0.717, 1.165) is 16.9 Å². The highest BCUT2D eigenvalue weighted by Crippen LogP contribution is 2.18. The maximum Gasteiger partial charge on any atom is 0.180 e. The molecule has 0 unspecified atom stereocenters. The lowest BCUT2D eigenvalue weighted by Crippen LogP contribution is -2.12. The summed E-state index contributed by atoms with van der Waals surface area (Å²) in [5.41, 5.74) is 12.9. The molecule has 1 aromatic heterocycles. The summed E-state index contributed by atoms with van der Waals surface area (Å²) in [5, 5.41) is 12.1.